The van der Waals surface area contributed by atoms with Crippen molar-refractivity contribution in [1.29, 1.82) is 0 Å². The molecule has 0 aliphatic carbocycles. The maximum absolute atomic E-state index is 14.4. The van der Waals surface area contributed by atoms with Crippen LogP contribution in [0, 0.1) is 18.6 Å². The fourth-order valence-electron chi connectivity index (χ4n) is 4.06. The van der Waals surface area contributed by atoms with Crippen molar-refractivity contribution in [1.82, 2.24) is 8.54 Å². The Balaban J connectivity index is 1.72. The quantitative estimate of drug-likeness (QED) is 0.313. The van der Waals surface area contributed by atoms with Gasteiger partial charge in [-0.2, -0.15) is 0 Å². The van der Waals surface area contributed by atoms with Gasteiger partial charge in [-0.05, 0) is 49.4 Å². The summed E-state index contributed by atoms with van der Waals surface area (Å²) in [7, 11) is -0.122. The smallest absolute Gasteiger partial charge is 0.275 e. The number of aryl methyl sites for hydroxylation is 2. The second kappa shape index (κ2) is 9.21. The molecular weight excluding hydrogens is 498 g/mol. The van der Waals surface area contributed by atoms with E-state index in [1.807, 2.05) is 19.1 Å². The van der Waals surface area contributed by atoms with Crippen LogP contribution in [0.3, 0.4) is 0 Å². The number of pyridine rings is 1. The second-order valence-electron chi connectivity index (χ2n) is 8.55. The summed E-state index contributed by atoms with van der Waals surface area (Å²) in [5.74, 6) is -1.89. The van der Waals surface area contributed by atoms with Gasteiger partial charge in [-0.1, -0.05) is 17.7 Å². The summed E-state index contributed by atoms with van der Waals surface area (Å²) in [6, 6.07) is 15.0. The van der Waals surface area contributed by atoms with Gasteiger partial charge in [0, 0.05) is 42.0 Å². The van der Waals surface area contributed by atoms with Gasteiger partial charge in [0.05, 0.1) is 16.3 Å². The molecule has 0 aliphatic heterocycles. The Morgan fingerprint density at radius 3 is 2.38 bits per heavy atom. The highest BCUT2D eigenvalue weighted by Crippen LogP contribution is 2.43. The number of nitrogen functional groups attached to an aromatic ring is 2. The van der Waals surface area contributed by atoms with Crippen LogP contribution in [0.4, 0.5) is 20.2 Å². The molecule has 0 saturated heterocycles. The lowest BCUT2D eigenvalue weighted by Gasteiger charge is -2.17. The summed E-state index contributed by atoms with van der Waals surface area (Å²) in [4.78, 5) is 13.7. The van der Waals surface area contributed by atoms with Crippen molar-refractivity contribution in [3.05, 3.63) is 101 Å². The molecule has 5 rings (SSSR count). The van der Waals surface area contributed by atoms with Crippen molar-refractivity contribution in [3.63, 3.8) is 0 Å². The van der Waals surface area contributed by atoms with Crippen molar-refractivity contribution in [2.75, 3.05) is 11.5 Å². The zero-order valence-corrected chi connectivity index (χ0v) is 20.7. The van der Waals surface area contributed by atoms with Gasteiger partial charge < -0.3 is 20.8 Å². The molecule has 3 aromatic carbocycles. The molecule has 0 saturated carbocycles. The number of anilines is 2. The van der Waals surface area contributed by atoms with E-state index in [9.17, 15) is 17.8 Å². The Bertz CT molecular complexity index is 1760. The first-order chi connectivity index (χ1) is 17.7. The van der Waals surface area contributed by atoms with E-state index < -0.39 is 22.6 Å². The van der Waals surface area contributed by atoms with Crippen LogP contribution < -0.4 is 21.8 Å². The number of nitrogens with zero attached hydrogens (tertiary/aromatic N) is 2. The highest BCUT2D eigenvalue weighted by atomic mass is 32.2. The molecule has 4 N–H and O–H groups in total. The molecule has 37 heavy (non-hydrogen) atoms. The summed E-state index contributed by atoms with van der Waals surface area (Å²) in [6.45, 7) is 1.93. The molecule has 1 atom stereocenters. The Morgan fingerprint density at radius 1 is 0.946 bits per heavy atom. The predicted molar refractivity (Wildman–Crippen MR) is 141 cm³/mol. The van der Waals surface area contributed by atoms with E-state index in [-0.39, 0.29) is 33.9 Å². The van der Waals surface area contributed by atoms with Gasteiger partial charge in [0.15, 0.2) is 28.3 Å². The number of hydrogen-bond acceptors (Lipinski definition) is 5. The van der Waals surface area contributed by atoms with Crippen LogP contribution >= 0.6 is 0 Å². The minimum absolute atomic E-state index is 0.0397. The van der Waals surface area contributed by atoms with Crippen LogP contribution in [0.15, 0.2) is 82.7 Å². The minimum atomic E-state index is -1.69. The average molecular weight is 521 g/mol. The lowest BCUT2D eigenvalue weighted by atomic mass is 10.0. The minimum Gasteiger partial charge on any atom is -0.451 e. The van der Waals surface area contributed by atoms with E-state index in [0.29, 0.717) is 27.5 Å². The third kappa shape index (κ3) is 4.25. The molecule has 10 heteroatoms. The molecule has 188 valence electrons. The SMILES string of the molecule is Cc1ccc(S(=O)n2ccc3c(-c4ccc(N)c(N)c4Oc4ccc(F)cc4F)cn(C)c(=O)c32)cc1. The van der Waals surface area contributed by atoms with E-state index in [4.69, 9.17) is 16.2 Å². The van der Waals surface area contributed by atoms with Gasteiger partial charge in [0.2, 0.25) is 0 Å². The molecule has 2 aromatic heterocycles. The standard InChI is InChI=1S/C27H22F2N4O3S/c1-15-3-6-17(7-4-15)37(35)33-12-11-18-20(14-32(2)27(34)25(18)33)19-8-9-22(30)24(31)26(19)36-23-10-5-16(28)13-21(23)29/h3-14H,30-31H2,1-2H3. The van der Waals surface area contributed by atoms with Crippen molar-refractivity contribution in [2.45, 2.75) is 11.8 Å². The zero-order chi connectivity index (χ0) is 26.4. The Labute approximate surface area is 213 Å². The molecule has 7 nitrogen and oxygen atoms in total. The third-order valence-electron chi connectivity index (χ3n) is 6.02. The fraction of sp³-hybridized carbons (Fsp3) is 0.0741. The largest absolute Gasteiger partial charge is 0.451 e. The van der Waals surface area contributed by atoms with Gasteiger partial charge >= 0.3 is 0 Å². The molecule has 1 unspecified atom stereocenters. The molecule has 0 aliphatic rings. The number of fused-ring (bicyclic) bond motifs is 1. The average Bonchev–Trinajstić information content (AvgIpc) is 3.31. The molecule has 0 radical (unpaired) electrons. The molecule has 2 heterocycles. The van der Waals surface area contributed by atoms with E-state index >= 15 is 0 Å². The number of aromatic nitrogens is 2. The Hall–Kier alpha value is -4.44. The molecule has 5 aromatic rings. The summed E-state index contributed by atoms with van der Waals surface area (Å²) in [5.41, 5.74) is 14.3. The van der Waals surface area contributed by atoms with E-state index in [0.717, 1.165) is 17.7 Å². The number of benzene rings is 3. The highest BCUT2D eigenvalue weighted by molar-refractivity contribution is 7.83. The topological polar surface area (TPSA) is 105 Å². The van der Waals surface area contributed by atoms with Crippen LogP contribution in [-0.4, -0.2) is 12.7 Å². The van der Waals surface area contributed by atoms with Gasteiger partial charge in [-0.25, -0.2) is 13.0 Å². The van der Waals surface area contributed by atoms with E-state index in [2.05, 4.69) is 0 Å². The van der Waals surface area contributed by atoms with Crippen molar-refractivity contribution >= 4 is 33.3 Å². The van der Waals surface area contributed by atoms with Gasteiger partial charge in [-0.15, -0.1) is 0 Å². The summed E-state index contributed by atoms with van der Waals surface area (Å²) >= 11 is 0. The lowest BCUT2D eigenvalue weighted by Crippen LogP contribution is -2.20. The van der Waals surface area contributed by atoms with Crippen LogP contribution in [0.25, 0.3) is 22.0 Å². The first-order valence-electron chi connectivity index (χ1n) is 11.2. The zero-order valence-electron chi connectivity index (χ0n) is 19.9. The van der Waals surface area contributed by atoms with Crippen LogP contribution in [0.5, 0.6) is 11.5 Å². The summed E-state index contributed by atoms with van der Waals surface area (Å²) < 4.78 is 49.9. The normalized spacial score (nSPS) is 12.1. The monoisotopic (exact) mass is 520 g/mol. The van der Waals surface area contributed by atoms with Crippen LogP contribution in [-0.2, 0) is 18.0 Å². The first kappa shape index (κ1) is 24.3. The molecule has 0 bridgehead atoms. The van der Waals surface area contributed by atoms with Crippen LogP contribution in [0.1, 0.15) is 5.56 Å². The van der Waals surface area contributed by atoms with E-state index in [1.165, 1.54) is 8.54 Å². The highest BCUT2D eigenvalue weighted by Gasteiger charge is 2.22. The number of nitrogens with two attached hydrogens (primary N) is 2. The number of hydrogen-bond donors (Lipinski definition) is 2. The fourth-order valence-corrected chi connectivity index (χ4v) is 5.17. The van der Waals surface area contributed by atoms with Gasteiger partial charge in [0.1, 0.15) is 11.3 Å². The molecular formula is C27H22F2N4O3S. The Kier molecular flexibility index (Phi) is 6.04. The predicted octanol–water partition coefficient (Wildman–Crippen LogP) is 5.12. The van der Waals surface area contributed by atoms with Gasteiger partial charge in [-0.3, -0.25) is 8.77 Å². The van der Waals surface area contributed by atoms with Crippen LogP contribution in [0.2, 0.25) is 0 Å². The van der Waals surface area contributed by atoms with Crippen molar-refractivity contribution in [2.24, 2.45) is 7.05 Å². The number of ether oxygens (including phenoxy) is 1. The second-order valence-corrected chi connectivity index (χ2v) is 9.91. The van der Waals surface area contributed by atoms with E-state index in [1.54, 1.807) is 49.8 Å². The summed E-state index contributed by atoms with van der Waals surface area (Å²) in [5, 5.41) is 0.483. The lowest BCUT2D eigenvalue weighted by molar-refractivity contribution is 0.441. The number of halogens is 2. The van der Waals surface area contributed by atoms with Crippen molar-refractivity contribution < 1.29 is 17.7 Å². The molecule has 0 spiro atoms. The third-order valence-corrected chi connectivity index (χ3v) is 7.35. The maximum Gasteiger partial charge on any atom is 0.275 e. The number of rotatable bonds is 5. The maximum atomic E-state index is 14.4. The van der Waals surface area contributed by atoms with Crippen molar-refractivity contribution in [3.8, 4) is 22.6 Å². The molecule has 0 fully saturated rings. The summed E-state index contributed by atoms with van der Waals surface area (Å²) in [6.07, 6.45) is 3.16. The Morgan fingerprint density at radius 2 is 1.68 bits per heavy atom. The molecule has 0 amide bonds. The first-order valence-corrected chi connectivity index (χ1v) is 12.3. The van der Waals surface area contributed by atoms with Gasteiger partial charge in [0.25, 0.3) is 5.56 Å².